The first-order valence-electron chi connectivity index (χ1n) is 9.20. The summed E-state index contributed by atoms with van der Waals surface area (Å²) < 4.78 is 32.8. The van der Waals surface area contributed by atoms with Gasteiger partial charge in [-0.3, -0.25) is 4.79 Å². The molecular formula is C20H22N4O5S. The van der Waals surface area contributed by atoms with Gasteiger partial charge in [0, 0.05) is 24.9 Å². The molecule has 0 aliphatic carbocycles. The average Bonchev–Trinajstić information content (AvgIpc) is 3.21. The van der Waals surface area contributed by atoms with Crippen LogP contribution in [0.15, 0.2) is 57.9 Å². The number of nitrogens with one attached hydrogen (secondary N) is 1. The molecule has 3 aromatic rings. The summed E-state index contributed by atoms with van der Waals surface area (Å²) in [5, 5.41) is 11.8. The first-order valence-corrected chi connectivity index (χ1v) is 10.8. The normalized spacial score (nSPS) is 11.3. The lowest BCUT2D eigenvalue weighted by Crippen LogP contribution is -2.25. The summed E-state index contributed by atoms with van der Waals surface area (Å²) in [4.78, 5) is 16.4. The number of rotatable bonds is 9. The van der Waals surface area contributed by atoms with Crippen LogP contribution in [-0.4, -0.2) is 38.1 Å². The highest BCUT2D eigenvalue weighted by molar-refractivity contribution is 7.89. The highest BCUT2D eigenvalue weighted by Gasteiger charge is 2.11. The number of ether oxygens (including phenoxy) is 1. The van der Waals surface area contributed by atoms with Crippen LogP contribution < -0.4 is 15.2 Å². The lowest BCUT2D eigenvalue weighted by atomic mass is 10.1. The van der Waals surface area contributed by atoms with Gasteiger partial charge >= 0.3 is 0 Å². The number of amides is 1. The maximum atomic E-state index is 12.0. The van der Waals surface area contributed by atoms with Crippen LogP contribution in [0.1, 0.15) is 17.9 Å². The Bertz CT molecular complexity index is 1090. The minimum absolute atomic E-state index is 0.0591. The van der Waals surface area contributed by atoms with Crippen LogP contribution in [0, 0.1) is 0 Å². The molecule has 0 aliphatic rings. The maximum absolute atomic E-state index is 12.0. The van der Waals surface area contributed by atoms with E-state index < -0.39 is 10.0 Å². The lowest BCUT2D eigenvalue weighted by Gasteiger charge is -2.05. The third kappa shape index (κ3) is 5.88. The molecule has 0 unspecified atom stereocenters. The van der Waals surface area contributed by atoms with Crippen molar-refractivity contribution in [3.8, 4) is 17.1 Å². The summed E-state index contributed by atoms with van der Waals surface area (Å²) in [6, 6.07) is 13.5. The average molecular weight is 430 g/mol. The van der Waals surface area contributed by atoms with E-state index >= 15 is 0 Å². The maximum Gasteiger partial charge on any atom is 0.238 e. The number of methoxy groups -OCH3 is 1. The van der Waals surface area contributed by atoms with Crippen LogP contribution in [0.2, 0.25) is 0 Å². The van der Waals surface area contributed by atoms with Crippen molar-refractivity contribution in [3.63, 3.8) is 0 Å². The second-order valence-corrected chi connectivity index (χ2v) is 8.09. The van der Waals surface area contributed by atoms with Gasteiger partial charge in [-0.25, -0.2) is 13.6 Å². The van der Waals surface area contributed by atoms with Crippen molar-refractivity contribution in [1.29, 1.82) is 0 Å². The molecule has 158 valence electrons. The second-order valence-electron chi connectivity index (χ2n) is 6.53. The van der Waals surface area contributed by atoms with Crippen molar-refractivity contribution in [3.05, 3.63) is 60.0 Å². The van der Waals surface area contributed by atoms with Gasteiger partial charge in [-0.1, -0.05) is 17.3 Å². The van der Waals surface area contributed by atoms with E-state index in [4.69, 9.17) is 14.4 Å². The predicted octanol–water partition coefficient (Wildman–Crippen LogP) is 1.68. The van der Waals surface area contributed by atoms with Crippen LogP contribution in [0.3, 0.4) is 0 Å². The SMILES string of the molecule is COc1ccc(-c2noc(CCC(=O)NCCc3ccc(S(N)(=O)=O)cc3)n2)cc1. The summed E-state index contributed by atoms with van der Waals surface area (Å²) in [6.07, 6.45) is 1.12. The van der Waals surface area contributed by atoms with Crippen molar-refractivity contribution in [1.82, 2.24) is 15.5 Å². The molecule has 10 heteroatoms. The molecule has 3 N–H and O–H groups in total. The number of aromatic nitrogens is 2. The van der Waals surface area contributed by atoms with Crippen molar-refractivity contribution < 1.29 is 22.5 Å². The Labute approximate surface area is 174 Å². The van der Waals surface area contributed by atoms with Gasteiger partial charge in [0.05, 0.1) is 12.0 Å². The smallest absolute Gasteiger partial charge is 0.238 e. The van der Waals surface area contributed by atoms with E-state index in [2.05, 4.69) is 15.5 Å². The number of benzene rings is 2. The molecule has 0 bridgehead atoms. The Hall–Kier alpha value is -3.24. The molecule has 0 atom stereocenters. The number of carbonyl (C=O) groups excluding carboxylic acids is 1. The fourth-order valence-electron chi connectivity index (χ4n) is 2.71. The number of nitrogens with two attached hydrogens (primary N) is 1. The van der Waals surface area contributed by atoms with Gasteiger partial charge in [0.25, 0.3) is 0 Å². The number of aryl methyl sites for hydroxylation is 1. The van der Waals surface area contributed by atoms with E-state index in [0.717, 1.165) is 16.9 Å². The third-order valence-corrected chi connectivity index (χ3v) is 5.30. The predicted molar refractivity (Wildman–Crippen MR) is 109 cm³/mol. The Morgan fingerprint density at radius 2 is 1.80 bits per heavy atom. The van der Waals surface area contributed by atoms with Crippen molar-refractivity contribution >= 4 is 15.9 Å². The highest BCUT2D eigenvalue weighted by Crippen LogP contribution is 2.20. The molecule has 9 nitrogen and oxygen atoms in total. The molecule has 1 amide bonds. The van der Waals surface area contributed by atoms with Crippen LogP contribution in [0.25, 0.3) is 11.4 Å². The molecule has 0 spiro atoms. The fraction of sp³-hybridized carbons (Fsp3) is 0.250. The molecule has 0 saturated carbocycles. The third-order valence-electron chi connectivity index (χ3n) is 4.37. The zero-order valence-electron chi connectivity index (χ0n) is 16.4. The highest BCUT2D eigenvalue weighted by atomic mass is 32.2. The first kappa shape index (κ1) is 21.5. The summed E-state index contributed by atoms with van der Waals surface area (Å²) >= 11 is 0. The molecule has 1 heterocycles. The summed E-state index contributed by atoms with van der Waals surface area (Å²) in [5.41, 5.74) is 1.69. The lowest BCUT2D eigenvalue weighted by molar-refractivity contribution is -0.121. The monoisotopic (exact) mass is 430 g/mol. The van der Waals surface area contributed by atoms with Crippen LogP contribution in [-0.2, 0) is 27.7 Å². The van der Waals surface area contributed by atoms with Gasteiger partial charge in [-0.05, 0) is 48.4 Å². The number of sulfonamides is 1. The molecule has 30 heavy (non-hydrogen) atoms. The van der Waals surface area contributed by atoms with E-state index in [1.54, 1.807) is 31.4 Å². The Morgan fingerprint density at radius 3 is 2.43 bits per heavy atom. The van der Waals surface area contributed by atoms with Crippen LogP contribution in [0.4, 0.5) is 0 Å². The molecule has 3 rings (SSSR count). The Morgan fingerprint density at radius 1 is 1.10 bits per heavy atom. The summed E-state index contributed by atoms with van der Waals surface area (Å²) in [7, 11) is -2.11. The summed E-state index contributed by atoms with van der Waals surface area (Å²) in [6.45, 7) is 0.425. The van der Waals surface area contributed by atoms with Crippen molar-refractivity contribution in [2.75, 3.05) is 13.7 Å². The molecule has 1 aromatic heterocycles. The van der Waals surface area contributed by atoms with E-state index in [9.17, 15) is 13.2 Å². The number of carbonyl (C=O) groups is 1. The number of nitrogens with zero attached hydrogens (tertiary/aromatic N) is 2. The molecule has 0 aliphatic heterocycles. The summed E-state index contributed by atoms with van der Waals surface area (Å²) in [5.74, 6) is 1.44. The van der Waals surface area contributed by atoms with Gasteiger partial charge in [-0.2, -0.15) is 4.98 Å². The van der Waals surface area contributed by atoms with Gasteiger partial charge in [0.15, 0.2) is 0 Å². The van der Waals surface area contributed by atoms with Gasteiger partial charge in [-0.15, -0.1) is 0 Å². The van der Waals surface area contributed by atoms with Gasteiger partial charge in [0.1, 0.15) is 5.75 Å². The van der Waals surface area contributed by atoms with Crippen molar-refractivity contribution in [2.45, 2.75) is 24.2 Å². The minimum Gasteiger partial charge on any atom is -0.497 e. The molecule has 2 aromatic carbocycles. The van der Waals surface area contributed by atoms with E-state index in [1.807, 2.05) is 12.1 Å². The molecule has 0 fully saturated rings. The Kier molecular flexibility index (Phi) is 6.80. The Balaban J connectivity index is 1.43. The zero-order valence-corrected chi connectivity index (χ0v) is 17.2. The van der Waals surface area contributed by atoms with E-state index in [-0.39, 0.29) is 17.2 Å². The van der Waals surface area contributed by atoms with Crippen LogP contribution in [0.5, 0.6) is 5.75 Å². The first-order chi connectivity index (χ1) is 14.3. The van der Waals surface area contributed by atoms with Gasteiger partial charge < -0.3 is 14.6 Å². The van der Waals surface area contributed by atoms with Crippen molar-refractivity contribution in [2.24, 2.45) is 5.14 Å². The largest absolute Gasteiger partial charge is 0.497 e. The standard InChI is InChI=1S/C20H22N4O5S/c1-28-16-6-4-15(5-7-16)20-23-19(29-24-20)11-10-18(25)22-13-12-14-2-8-17(9-3-14)30(21,26)27/h2-9H,10-13H2,1H3,(H,22,25)(H2,21,26,27). The molecular weight excluding hydrogens is 408 g/mol. The van der Waals surface area contributed by atoms with E-state index in [1.165, 1.54) is 12.1 Å². The van der Waals surface area contributed by atoms with Crippen LogP contribution >= 0.6 is 0 Å². The minimum atomic E-state index is -3.70. The number of hydrogen-bond acceptors (Lipinski definition) is 7. The second kappa shape index (κ2) is 9.51. The number of primary sulfonamides is 1. The molecule has 0 radical (unpaired) electrons. The topological polar surface area (TPSA) is 137 Å². The van der Waals surface area contributed by atoms with E-state index in [0.29, 0.717) is 31.1 Å². The quantitative estimate of drug-likeness (QED) is 0.527. The fourth-order valence-corrected chi connectivity index (χ4v) is 3.23. The van der Waals surface area contributed by atoms with Gasteiger partial charge in [0.2, 0.25) is 27.6 Å². The molecule has 0 saturated heterocycles. The zero-order chi connectivity index (χ0) is 21.6. The number of hydrogen-bond donors (Lipinski definition) is 2.